The monoisotopic (exact) mass is 254 g/mol. The second-order valence-corrected chi connectivity index (χ2v) is 3.98. The van der Waals surface area contributed by atoms with E-state index in [2.05, 4.69) is 13.2 Å². The molecule has 1 aliphatic heterocycles. The minimum absolute atomic E-state index is 0.142. The Labute approximate surface area is 106 Å². The van der Waals surface area contributed by atoms with Gasteiger partial charge in [-0.05, 0) is 12.8 Å². The summed E-state index contributed by atoms with van der Waals surface area (Å²) >= 11 is 0. The van der Waals surface area contributed by atoms with Crippen LogP contribution in [0.3, 0.4) is 0 Å². The molecule has 0 aliphatic carbocycles. The second-order valence-electron chi connectivity index (χ2n) is 3.98. The van der Waals surface area contributed by atoms with Crippen molar-refractivity contribution in [2.24, 2.45) is 0 Å². The van der Waals surface area contributed by atoms with Crippen LogP contribution in [0.5, 0.6) is 0 Å². The lowest BCUT2D eigenvalue weighted by molar-refractivity contribution is -0.141. The van der Waals surface area contributed by atoms with Crippen LogP contribution in [-0.4, -0.2) is 37.9 Å². The van der Waals surface area contributed by atoms with E-state index in [0.717, 1.165) is 6.08 Å². The van der Waals surface area contributed by atoms with Crippen LogP contribution in [0.4, 0.5) is 0 Å². The molecule has 1 rings (SSSR count). The first kappa shape index (κ1) is 14.4. The molecule has 0 amide bonds. The highest BCUT2D eigenvalue weighted by atomic mass is 16.6. The molecule has 5 heteroatoms. The molecular weight excluding hydrogens is 236 g/mol. The van der Waals surface area contributed by atoms with Crippen LogP contribution in [-0.2, 0) is 23.8 Å². The van der Waals surface area contributed by atoms with E-state index in [9.17, 15) is 9.59 Å². The maximum absolute atomic E-state index is 11.4. The third-order valence-electron chi connectivity index (χ3n) is 2.35. The molecule has 1 fully saturated rings. The van der Waals surface area contributed by atoms with Crippen LogP contribution < -0.4 is 0 Å². The maximum Gasteiger partial charge on any atom is 0.333 e. The van der Waals surface area contributed by atoms with Gasteiger partial charge in [0.2, 0.25) is 0 Å². The number of hydrogen-bond acceptors (Lipinski definition) is 5. The first-order valence-electron chi connectivity index (χ1n) is 5.89. The Morgan fingerprint density at radius 2 is 1.89 bits per heavy atom. The second kappa shape index (κ2) is 7.66. The van der Waals surface area contributed by atoms with Crippen molar-refractivity contribution in [3.05, 3.63) is 24.8 Å². The molecule has 1 unspecified atom stereocenters. The highest BCUT2D eigenvalue weighted by molar-refractivity contribution is 5.87. The number of epoxide rings is 1. The third-order valence-corrected chi connectivity index (χ3v) is 2.35. The minimum atomic E-state index is -0.440. The lowest BCUT2D eigenvalue weighted by atomic mass is 10.2. The SMILES string of the molecule is C=CC(=O)OCCCCOC(=O)C(=C)CC1CO1. The molecule has 1 aliphatic rings. The Kier molecular flexibility index (Phi) is 6.14. The van der Waals surface area contributed by atoms with Crippen molar-refractivity contribution in [2.45, 2.75) is 25.4 Å². The molecule has 0 N–H and O–H groups in total. The standard InChI is InChI=1S/C13H18O5/c1-3-12(14)16-6-4-5-7-17-13(15)10(2)8-11-9-18-11/h3,11H,1-2,4-9H2. The van der Waals surface area contributed by atoms with Crippen molar-refractivity contribution in [3.8, 4) is 0 Å². The number of carbonyl (C=O) groups excluding carboxylic acids is 2. The number of unbranched alkanes of at least 4 members (excludes halogenated alkanes) is 1. The van der Waals surface area contributed by atoms with Crippen molar-refractivity contribution < 1.29 is 23.8 Å². The van der Waals surface area contributed by atoms with Gasteiger partial charge in [0.1, 0.15) is 0 Å². The van der Waals surface area contributed by atoms with Crippen LogP contribution in [0, 0.1) is 0 Å². The normalized spacial score (nSPS) is 16.8. The minimum Gasteiger partial charge on any atom is -0.463 e. The Bertz CT molecular complexity index is 330. The highest BCUT2D eigenvalue weighted by Crippen LogP contribution is 2.18. The van der Waals surface area contributed by atoms with Gasteiger partial charge in [-0.25, -0.2) is 9.59 Å². The first-order valence-corrected chi connectivity index (χ1v) is 5.89. The molecule has 0 aromatic carbocycles. The van der Waals surface area contributed by atoms with Crippen LogP contribution in [0.2, 0.25) is 0 Å². The summed E-state index contributed by atoms with van der Waals surface area (Å²) in [6.07, 6.45) is 3.08. The molecule has 0 aromatic heterocycles. The van der Waals surface area contributed by atoms with E-state index >= 15 is 0 Å². The number of rotatable bonds is 9. The predicted octanol–water partition coefficient (Wildman–Crippen LogP) is 1.38. The average molecular weight is 254 g/mol. The van der Waals surface area contributed by atoms with Crippen LogP contribution in [0.25, 0.3) is 0 Å². The maximum atomic E-state index is 11.4. The molecule has 0 aromatic rings. The summed E-state index contributed by atoms with van der Waals surface area (Å²) in [6, 6.07) is 0. The first-order chi connectivity index (χ1) is 8.63. The zero-order valence-corrected chi connectivity index (χ0v) is 10.4. The average Bonchev–Trinajstić information content (AvgIpc) is 3.16. The molecule has 1 saturated heterocycles. The van der Waals surface area contributed by atoms with Crippen LogP contribution >= 0.6 is 0 Å². The van der Waals surface area contributed by atoms with Gasteiger partial charge in [0.05, 0.1) is 25.9 Å². The van der Waals surface area contributed by atoms with Gasteiger partial charge >= 0.3 is 11.9 Å². The summed E-state index contributed by atoms with van der Waals surface area (Å²) in [5.74, 6) is -0.821. The summed E-state index contributed by atoms with van der Waals surface area (Å²) in [4.78, 5) is 22.1. The highest BCUT2D eigenvalue weighted by Gasteiger charge is 2.25. The lowest BCUT2D eigenvalue weighted by Gasteiger charge is -2.06. The van der Waals surface area contributed by atoms with Gasteiger partial charge in [-0.3, -0.25) is 0 Å². The fourth-order valence-electron chi connectivity index (χ4n) is 1.25. The zero-order chi connectivity index (χ0) is 13.4. The van der Waals surface area contributed by atoms with Gasteiger partial charge in [0, 0.05) is 18.1 Å². The molecule has 18 heavy (non-hydrogen) atoms. The van der Waals surface area contributed by atoms with Gasteiger partial charge in [-0.1, -0.05) is 13.2 Å². The quantitative estimate of drug-likeness (QED) is 0.269. The van der Waals surface area contributed by atoms with Gasteiger partial charge in [-0.15, -0.1) is 0 Å². The smallest absolute Gasteiger partial charge is 0.333 e. The zero-order valence-electron chi connectivity index (χ0n) is 10.4. The Morgan fingerprint density at radius 1 is 1.28 bits per heavy atom. The number of esters is 2. The van der Waals surface area contributed by atoms with Gasteiger partial charge in [0.15, 0.2) is 0 Å². The van der Waals surface area contributed by atoms with E-state index in [1.54, 1.807) is 0 Å². The van der Waals surface area contributed by atoms with E-state index in [1.165, 1.54) is 0 Å². The Balaban J connectivity index is 1.96. The molecule has 5 nitrogen and oxygen atoms in total. The van der Waals surface area contributed by atoms with E-state index in [4.69, 9.17) is 14.2 Å². The van der Waals surface area contributed by atoms with Crippen LogP contribution in [0.15, 0.2) is 24.8 Å². The van der Waals surface area contributed by atoms with Gasteiger partial charge < -0.3 is 14.2 Å². The predicted molar refractivity (Wildman–Crippen MR) is 64.8 cm³/mol. The van der Waals surface area contributed by atoms with E-state index < -0.39 is 5.97 Å². The molecule has 0 saturated carbocycles. The molecule has 0 radical (unpaired) electrons. The molecule has 0 spiro atoms. The van der Waals surface area contributed by atoms with Gasteiger partial charge in [0.25, 0.3) is 0 Å². The Hall–Kier alpha value is -1.62. The molecule has 0 bridgehead atoms. The molecule has 1 atom stereocenters. The molecule has 1 heterocycles. The molecule has 100 valence electrons. The van der Waals surface area contributed by atoms with Crippen LogP contribution in [0.1, 0.15) is 19.3 Å². The van der Waals surface area contributed by atoms with Gasteiger partial charge in [-0.2, -0.15) is 0 Å². The summed E-state index contributed by atoms with van der Waals surface area (Å²) in [5.41, 5.74) is 0.440. The molecular formula is C13H18O5. The summed E-state index contributed by atoms with van der Waals surface area (Å²) in [5, 5.41) is 0. The summed E-state index contributed by atoms with van der Waals surface area (Å²) < 4.78 is 14.8. The van der Waals surface area contributed by atoms with Crippen molar-refractivity contribution in [2.75, 3.05) is 19.8 Å². The van der Waals surface area contributed by atoms with Crippen molar-refractivity contribution in [3.63, 3.8) is 0 Å². The van der Waals surface area contributed by atoms with E-state index in [-0.39, 0.29) is 12.1 Å². The Morgan fingerprint density at radius 3 is 2.44 bits per heavy atom. The number of hydrogen-bond donors (Lipinski definition) is 0. The number of ether oxygens (including phenoxy) is 3. The van der Waals surface area contributed by atoms with E-state index in [1.807, 2.05) is 0 Å². The fourth-order valence-corrected chi connectivity index (χ4v) is 1.25. The van der Waals surface area contributed by atoms with E-state index in [0.29, 0.717) is 44.7 Å². The van der Waals surface area contributed by atoms with Crippen molar-refractivity contribution in [1.82, 2.24) is 0 Å². The summed E-state index contributed by atoms with van der Waals surface area (Å²) in [7, 11) is 0. The third kappa shape index (κ3) is 6.20. The largest absolute Gasteiger partial charge is 0.463 e. The fraction of sp³-hybridized carbons (Fsp3) is 0.538. The lowest BCUT2D eigenvalue weighted by Crippen LogP contribution is -2.10. The number of carbonyl (C=O) groups is 2. The summed E-state index contributed by atoms with van der Waals surface area (Å²) in [6.45, 7) is 8.23. The van der Waals surface area contributed by atoms with Crippen molar-refractivity contribution in [1.29, 1.82) is 0 Å². The van der Waals surface area contributed by atoms with Crippen molar-refractivity contribution >= 4 is 11.9 Å². The topological polar surface area (TPSA) is 65.1 Å².